The molecular formula is C27H33FN6O4S. The van der Waals surface area contributed by atoms with E-state index in [4.69, 9.17) is 4.74 Å². The fourth-order valence-electron chi connectivity index (χ4n) is 4.89. The number of ether oxygens (including phenoxy) is 1. The third kappa shape index (κ3) is 6.22. The summed E-state index contributed by atoms with van der Waals surface area (Å²) in [6.07, 6.45) is 0.722. The number of nitrogens with one attached hydrogen (secondary N) is 3. The lowest BCUT2D eigenvalue weighted by Gasteiger charge is -2.39. The van der Waals surface area contributed by atoms with Crippen LogP contribution in [0.2, 0.25) is 0 Å². The molecule has 1 saturated heterocycles. The van der Waals surface area contributed by atoms with Gasteiger partial charge in [0.1, 0.15) is 17.1 Å². The number of fused-ring (bicyclic) bond motifs is 2. The molecule has 2 aromatic heterocycles. The van der Waals surface area contributed by atoms with Gasteiger partial charge in [-0.25, -0.2) is 14.2 Å². The predicted octanol–water partition coefficient (Wildman–Crippen LogP) is 3.29. The van der Waals surface area contributed by atoms with Crippen LogP contribution in [0.4, 0.5) is 9.18 Å². The van der Waals surface area contributed by atoms with Crippen LogP contribution in [0, 0.1) is 5.82 Å². The molecule has 0 unspecified atom stereocenters. The summed E-state index contributed by atoms with van der Waals surface area (Å²) in [5.41, 5.74) is 1.21. The quantitative estimate of drug-likeness (QED) is 0.454. The fraction of sp³-hybridized carbons (Fsp3) is 0.481. The molecular weight excluding hydrogens is 523 g/mol. The number of carbonyl (C=O) groups excluding carboxylic acids is 3. The Morgan fingerprint density at radius 1 is 1.13 bits per heavy atom. The molecule has 0 aliphatic carbocycles. The highest BCUT2D eigenvalue weighted by Crippen LogP contribution is 2.25. The van der Waals surface area contributed by atoms with Crippen LogP contribution in [-0.2, 0) is 17.7 Å². The maximum atomic E-state index is 13.6. The van der Waals surface area contributed by atoms with Crippen molar-refractivity contribution in [2.45, 2.75) is 57.8 Å². The van der Waals surface area contributed by atoms with Crippen LogP contribution >= 0.6 is 11.3 Å². The number of nitrogens with zero attached hydrogens (tertiary/aromatic N) is 3. The first-order valence-electron chi connectivity index (χ1n) is 13.0. The molecule has 1 fully saturated rings. The number of hydrogen-bond donors (Lipinski definition) is 3. The SMILES string of the molecule is CN1CCc2nc(C(=O)N[C@@H]3CN(C(=O)OC(C)(C)C)CC[C@@H]3NC(=O)c3cc4cc(F)ccc4[nH]3)sc2C1. The van der Waals surface area contributed by atoms with E-state index >= 15 is 0 Å². The van der Waals surface area contributed by atoms with Crippen LogP contribution in [-0.4, -0.2) is 82.0 Å². The fourth-order valence-corrected chi connectivity index (χ4v) is 5.98. The van der Waals surface area contributed by atoms with Gasteiger partial charge in [0.15, 0.2) is 5.01 Å². The molecule has 39 heavy (non-hydrogen) atoms. The number of halogens is 1. The average Bonchev–Trinajstić information content (AvgIpc) is 3.47. The number of likely N-dealkylation sites (N-methyl/N-ethyl adjacent to an activating group) is 1. The second kappa shape index (κ2) is 10.6. The Labute approximate surface area is 229 Å². The lowest BCUT2D eigenvalue weighted by atomic mass is 9.99. The highest BCUT2D eigenvalue weighted by atomic mass is 32.1. The summed E-state index contributed by atoms with van der Waals surface area (Å²) >= 11 is 1.37. The molecule has 12 heteroatoms. The van der Waals surface area contributed by atoms with Crippen molar-refractivity contribution in [2.75, 3.05) is 26.7 Å². The van der Waals surface area contributed by atoms with E-state index in [-0.39, 0.29) is 29.9 Å². The molecule has 1 aromatic carbocycles. The number of amides is 3. The zero-order chi connectivity index (χ0) is 27.9. The van der Waals surface area contributed by atoms with Crippen molar-refractivity contribution < 1.29 is 23.5 Å². The normalized spacial score (nSPS) is 20.0. The maximum Gasteiger partial charge on any atom is 0.410 e. The van der Waals surface area contributed by atoms with E-state index in [0.717, 1.165) is 30.1 Å². The first-order chi connectivity index (χ1) is 18.4. The Hall–Kier alpha value is -3.51. The Balaban J connectivity index is 1.33. The monoisotopic (exact) mass is 556 g/mol. The van der Waals surface area contributed by atoms with Gasteiger partial charge in [0.2, 0.25) is 0 Å². The number of H-pyrrole nitrogens is 1. The van der Waals surface area contributed by atoms with Crippen molar-refractivity contribution in [3.63, 3.8) is 0 Å². The van der Waals surface area contributed by atoms with Crippen LogP contribution in [0.1, 0.15) is 58.1 Å². The minimum atomic E-state index is -0.664. The first-order valence-corrected chi connectivity index (χ1v) is 13.8. The molecule has 3 aromatic rings. The molecule has 0 spiro atoms. The second-order valence-corrected chi connectivity index (χ2v) is 12.2. The van der Waals surface area contributed by atoms with Gasteiger partial charge >= 0.3 is 6.09 Å². The van der Waals surface area contributed by atoms with Crippen molar-refractivity contribution >= 4 is 40.1 Å². The number of carbonyl (C=O) groups is 3. The molecule has 0 radical (unpaired) electrons. The van der Waals surface area contributed by atoms with Gasteiger partial charge in [-0.2, -0.15) is 0 Å². The number of aromatic amines is 1. The van der Waals surface area contributed by atoms with Gasteiger partial charge in [0.05, 0.1) is 17.8 Å². The summed E-state index contributed by atoms with van der Waals surface area (Å²) in [6, 6.07) is 4.82. The number of aromatic nitrogens is 2. The van der Waals surface area contributed by atoms with Gasteiger partial charge in [-0.3, -0.25) is 9.59 Å². The van der Waals surface area contributed by atoms with Crippen molar-refractivity contribution in [1.29, 1.82) is 0 Å². The highest BCUT2D eigenvalue weighted by Gasteiger charge is 2.36. The smallest absolute Gasteiger partial charge is 0.410 e. The van der Waals surface area contributed by atoms with Crippen molar-refractivity contribution in [2.24, 2.45) is 0 Å². The average molecular weight is 557 g/mol. The molecule has 3 amide bonds. The van der Waals surface area contributed by atoms with E-state index < -0.39 is 23.8 Å². The number of piperidine rings is 1. The Morgan fingerprint density at radius 2 is 1.90 bits per heavy atom. The molecule has 10 nitrogen and oxygen atoms in total. The van der Waals surface area contributed by atoms with Gasteiger partial charge in [0.25, 0.3) is 11.8 Å². The molecule has 0 bridgehead atoms. The molecule has 5 rings (SSSR count). The highest BCUT2D eigenvalue weighted by molar-refractivity contribution is 7.13. The molecule has 2 aliphatic rings. The van der Waals surface area contributed by atoms with Crippen LogP contribution < -0.4 is 10.6 Å². The molecule has 4 heterocycles. The van der Waals surface area contributed by atoms with E-state index in [1.54, 1.807) is 37.8 Å². The third-order valence-electron chi connectivity index (χ3n) is 6.84. The first kappa shape index (κ1) is 27.1. The summed E-state index contributed by atoms with van der Waals surface area (Å²) < 4.78 is 19.2. The Kier molecular flexibility index (Phi) is 7.34. The van der Waals surface area contributed by atoms with Crippen LogP contribution in [0.3, 0.4) is 0 Å². The van der Waals surface area contributed by atoms with Gasteiger partial charge in [0, 0.05) is 48.4 Å². The van der Waals surface area contributed by atoms with Gasteiger partial charge < -0.3 is 30.2 Å². The van der Waals surface area contributed by atoms with E-state index in [0.29, 0.717) is 28.9 Å². The summed E-state index contributed by atoms with van der Waals surface area (Å²) in [5, 5.41) is 6.97. The van der Waals surface area contributed by atoms with Crippen LogP contribution in [0.5, 0.6) is 0 Å². The topological polar surface area (TPSA) is 120 Å². The van der Waals surface area contributed by atoms with E-state index in [9.17, 15) is 18.8 Å². The number of rotatable bonds is 4. The zero-order valence-corrected chi connectivity index (χ0v) is 23.3. The van der Waals surface area contributed by atoms with E-state index in [1.807, 2.05) is 7.05 Å². The molecule has 2 aliphatic heterocycles. The lowest BCUT2D eigenvalue weighted by molar-refractivity contribution is 0.0161. The molecule has 2 atom stereocenters. The van der Waals surface area contributed by atoms with Crippen molar-refractivity contribution in [3.8, 4) is 0 Å². The zero-order valence-electron chi connectivity index (χ0n) is 22.5. The van der Waals surface area contributed by atoms with Crippen molar-refractivity contribution in [1.82, 2.24) is 30.4 Å². The van der Waals surface area contributed by atoms with Gasteiger partial charge in [-0.1, -0.05) is 0 Å². The Morgan fingerprint density at radius 3 is 2.67 bits per heavy atom. The summed E-state index contributed by atoms with van der Waals surface area (Å²) in [6.45, 7) is 7.54. The molecule has 0 saturated carbocycles. The van der Waals surface area contributed by atoms with Crippen LogP contribution in [0.25, 0.3) is 10.9 Å². The molecule has 3 N–H and O–H groups in total. The van der Waals surface area contributed by atoms with Gasteiger partial charge in [-0.05, 0) is 58.5 Å². The lowest BCUT2D eigenvalue weighted by Crippen LogP contribution is -2.61. The third-order valence-corrected chi connectivity index (χ3v) is 7.92. The van der Waals surface area contributed by atoms with E-state index in [1.165, 1.54) is 23.5 Å². The van der Waals surface area contributed by atoms with Crippen molar-refractivity contribution in [3.05, 3.63) is 51.4 Å². The Bertz CT molecular complexity index is 1410. The minimum Gasteiger partial charge on any atom is -0.444 e. The summed E-state index contributed by atoms with van der Waals surface area (Å²) in [5.74, 6) is -1.11. The number of hydrogen-bond acceptors (Lipinski definition) is 7. The second-order valence-electron chi connectivity index (χ2n) is 11.2. The van der Waals surface area contributed by atoms with Crippen LogP contribution in [0.15, 0.2) is 24.3 Å². The number of thiazole rings is 1. The summed E-state index contributed by atoms with van der Waals surface area (Å²) in [7, 11) is 2.03. The summed E-state index contributed by atoms with van der Waals surface area (Å²) in [4.78, 5) is 51.7. The number of benzene rings is 1. The molecule has 208 valence electrons. The standard InChI is InChI=1S/C27H33FN6O4S/c1-27(2,3)38-26(37)34-10-8-18(30-23(35)20-12-15-11-16(28)5-6-17(15)29-20)21(13-34)31-24(36)25-32-19-7-9-33(4)14-22(19)39-25/h5-6,11-12,18,21,29H,7-10,13-14H2,1-4H3,(H,30,35)(H,31,36)/t18-,21+/m0/s1. The largest absolute Gasteiger partial charge is 0.444 e. The maximum absolute atomic E-state index is 13.6. The predicted molar refractivity (Wildman–Crippen MR) is 145 cm³/mol. The minimum absolute atomic E-state index is 0.164. The van der Waals surface area contributed by atoms with E-state index in [2.05, 4.69) is 25.5 Å². The van der Waals surface area contributed by atoms with Gasteiger partial charge in [-0.15, -0.1) is 11.3 Å². The number of likely N-dealkylation sites (tertiary alicyclic amines) is 1.